The molecular formula is C30H25F7N4O2. The minimum atomic E-state index is -3.17. The molecule has 43 heavy (non-hydrogen) atoms. The molecule has 2 aromatic carbocycles. The van der Waals surface area contributed by atoms with Crippen LogP contribution in [0.15, 0.2) is 67.0 Å². The van der Waals surface area contributed by atoms with Crippen molar-refractivity contribution in [3.63, 3.8) is 0 Å². The van der Waals surface area contributed by atoms with Crippen molar-refractivity contribution < 1.29 is 40.3 Å². The Kier molecular flexibility index (Phi) is 9.52. The number of nitrogens with two attached hydrogens (primary N) is 1. The molecule has 0 aliphatic heterocycles. The summed E-state index contributed by atoms with van der Waals surface area (Å²) >= 11 is 0. The second-order valence-electron chi connectivity index (χ2n) is 9.67. The van der Waals surface area contributed by atoms with Gasteiger partial charge in [0.2, 0.25) is 5.91 Å². The van der Waals surface area contributed by atoms with Crippen LogP contribution >= 0.6 is 0 Å². The largest absolute Gasteiger partial charge is 0.366 e. The van der Waals surface area contributed by atoms with E-state index in [1.807, 2.05) is 0 Å². The number of aromatic nitrogens is 2. The van der Waals surface area contributed by atoms with Crippen LogP contribution in [0.1, 0.15) is 71.2 Å². The van der Waals surface area contributed by atoms with Crippen molar-refractivity contribution in [2.75, 3.05) is 0 Å². The average molecular weight is 607 g/mol. The van der Waals surface area contributed by atoms with Crippen LogP contribution in [0.25, 0.3) is 11.1 Å². The third kappa shape index (κ3) is 7.04. The predicted molar refractivity (Wildman–Crippen MR) is 143 cm³/mol. The van der Waals surface area contributed by atoms with E-state index in [9.17, 15) is 40.3 Å². The van der Waals surface area contributed by atoms with Crippen LogP contribution in [0.4, 0.5) is 30.7 Å². The van der Waals surface area contributed by atoms with Gasteiger partial charge in [-0.2, -0.15) is 0 Å². The Morgan fingerprint density at radius 2 is 1.65 bits per heavy atom. The third-order valence-electron chi connectivity index (χ3n) is 6.79. The van der Waals surface area contributed by atoms with E-state index in [0.29, 0.717) is 12.1 Å². The molecule has 0 saturated carbocycles. The quantitative estimate of drug-likeness (QED) is 0.180. The maximum absolute atomic E-state index is 14.2. The molecule has 4 rings (SSSR count). The number of rotatable bonds is 11. The number of carbonyl (C=O) groups is 2. The minimum Gasteiger partial charge on any atom is -0.366 e. The third-order valence-corrected chi connectivity index (χ3v) is 6.79. The highest BCUT2D eigenvalue weighted by Gasteiger charge is 2.30. The smallest absolute Gasteiger partial charge is 0.278 e. The lowest BCUT2D eigenvalue weighted by Gasteiger charge is -2.26. The van der Waals surface area contributed by atoms with Gasteiger partial charge in [-0.25, -0.2) is 30.7 Å². The Bertz CT molecular complexity index is 1620. The zero-order valence-electron chi connectivity index (χ0n) is 22.5. The van der Waals surface area contributed by atoms with E-state index in [4.69, 9.17) is 5.73 Å². The molecule has 2 heterocycles. The van der Waals surface area contributed by atoms with Gasteiger partial charge in [0.15, 0.2) is 0 Å². The fourth-order valence-electron chi connectivity index (χ4n) is 4.86. The van der Waals surface area contributed by atoms with Gasteiger partial charge in [0, 0.05) is 29.6 Å². The molecule has 6 nitrogen and oxygen atoms in total. The number of carbonyl (C=O) groups excluding carboxylic acids is 2. The molecule has 0 spiro atoms. The van der Waals surface area contributed by atoms with Crippen molar-refractivity contribution in [2.45, 2.75) is 44.7 Å². The Morgan fingerprint density at radius 3 is 2.26 bits per heavy atom. The lowest BCUT2D eigenvalue weighted by atomic mass is 9.94. The Balaban J connectivity index is 1.81. The monoisotopic (exact) mass is 606 g/mol. The summed E-state index contributed by atoms with van der Waals surface area (Å²) in [7, 11) is 0. The maximum atomic E-state index is 14.2. The summed E-state index contributed by atoms with van der Waals surface area (Å²) in [6.45, 7) is 1.49. The molecule has 2 atom stereocenters. The molecule has 0 fully saturated rings. The highest BCUT2D eigenvalue weighted by atomic mass is 19.3. The Morgan fingerprint density at radius 1 is 0.953 bits per heavy atom. The number of alkyl halides is 4. The first-order valence-electron chi connectivity index (χ1n) is 13.0. The second-order valence-corrected chi connectivity index (χ2v) is 9.67. The summed E-state index contributed by atoms with van der Waals surface area (Å²) in [6.07, 6.45) is -4.42. The second kappa shape index (κ2) is 13.1. The van der Waals surface area contributed by atoms with Crippen molar-refractivity contribution in [3.8, 4) is 11.1 Å². The Labute approximate surface area is 241 Å². The van der Waals surface area contributed by atoms with Gasteiger partial charge in [-0.15, -0.1) is 0 Å². The molecule has 0 aliphatic carbocycles. The van der Waals surface area contributed by atoms with Crippen molar-refractivity contribution in [1.82, 2.24) is 14.9 Å². The van der Waals surface area contributed by atoms with Crippen LogP contribution < -0.4 is 11.1 Å². The fourth-order valence-corrected chi connectivity index (χ4v) is 4.86. The zero-order valence-corrected chi connectivity index (χ0v) is 22.5. The van der Waals surface area contributed by atoms with Gasteiger partial charge in [0.05, 0.1) is 23.0 Å². The summed E-state index contributed by atoms with van der Waals surface area (Å²) in [5, 5.41) is 2.67. The van der Waals surface area contributed by atoms with Crippen LogP contribution in [-0.2, 0) is 11.2 Å². The summed E-state index contributed by atoms with van der Waals surface area (Å²) in [5.41, 5.74) is 4.15. The lowest BCUT2D eigenvalue weighted by molar-refractivity contribution is -0.125. The standard InChI is InChI=1S/C30H25F7N4O2/c1-2-24(41-14-17(27(34)35)12-25(41)28(36)37)30(43)40-23(10-15-8-18(31)13-19(32)9-15)26-20(4-3-7-39-26)16-5-6-22(33)21(11-16)29(38)42/h3-9,11-14,23-24,27-28H,2,10H2,1H3,(H2,38,42)(H,40,43)/t23-,24?/m0/s1. The molecule has 13 heteroatoms. The molecule has 3 N–H and O–H groups in total. The number of hydrogen-bond donors (Lipinski definition) is 2. The zero-order chi connectivity index (χ0) is 31.4. The van der Waals surface area contributed by atoms with E-state index in [1.165, 1.54) is 31.3 Å². The lowest BCUT2D eigenvalue weighted by Crippen LogP contribution is -2.37. The number of hydrogen-bond acceptors (Lipinski definition) is 3. The molecule has 2 amide bonds. The number of benzene rings is 2. The van der Waals surface area contributed by atoms with E-state index in [-0.39, 0.29) is 35.2 Å². The molecule has 4 aromatic rings. The summed E-state index contributed by atoms with van der Waals surface area (Å²) < 4.78 is 97.4. The molecule has 226 valence electrons. The molecule has 2 aromatic heterocycles. The molecule has 0 radical (unpaired) electrons. The fraction of sp³-hybridized carbons (Fsp3) is 0.233. The van der Waals surface area contributed by atoms with Crippen molar-refractivity contribution in [2.24, 2.45) is 5.73 Å². The highest BCUT2D eigenvalue weighted by molar-refractivity contribution is 5.94. The van der Waals surface area contributed by atoms with Gasteiger partial charge < -0.3 is 15.6 Å². The van der Waals surface area contributed by atoms with Gasteiger partial charge in [0.25, 0.3) is 18.8 Å². The van der Waals surface area contributed by atoms with Crippen molar-refractivity contribution in [1.29, 1.82) is 0 Å². The molecule has 0 aliphatic rings. The van der Waals surface area contributed by atoms with E-state index < -0.39 is 71.0 Å². The van der Waals surface area contributed by atoms with Gasteiger partial charge in [0.1, 0.15) is 23.5 Å². The first-order valence-corrected chi connectivity index (χ1v) is 13.0. The van der Waals surface area contributed by atoms with Gasteiger partial charge in [-0.05, 0) is 60.4 Å². The van der Waals surface area contributed by atoms with Gasteiger partial charge in [-0.3, -0.25) is 14.6 Å². The van der Waals surface area contributed by atoms with Crippen LogP contribution in [0.3, 0.4) is 0 Å². The summed E-state index contributed by atoms with van der Waals surface area (Å²) in [6, 6.07) is 7.37. The highest BCUT2D eigenvalue weighted by Crippen LogP contribution is 2.33. The summed E-state index contributed by atoms with van der Waals surface area (Å²) in [4.78, 5) is 29.7. The van der Waals surface area contributed by atoms with Crippen LogP contribution in [0, 0.1) is 17.5 Å². The van der Waals surface area contributed by atoms with E-state index >= 15 is 0 Å². The molecule has 1 unspecified atom stereocenters. The number of nitrogens with one attached hydrogen (secondary N) is 1. The molecule has 0 saturated heterocycles. The van der Waals surface area contributed by atoms with Crippen molar-refractivity contribution in [3.05, 3.63) is 113 Å². The van der Waals surface area contributed by atoms with Gasteiger partial charge in [-0.1, -0.05) is 19.1 Å². The van der Waals surface area contributed by atoms with Crippen molar-refractivity contribution >= 4 is 11.8 Å². The minimum absolute atomic E-state index is 0.0841. The van der Waals surface area contributed by atoms with Gasteiger partial charge >= 0.3 is 0 Å². The summed E-state index contributed by atoms with van der Waals surface area (Å²) in [5.74, 6) is -4.58. The first-order chi connectivity index (χ1) is 20.4. The number of nitrogens with zero attached hydrogens (tertiary/aromatic N) is 2. The van der Waals surface area contributed by atoms with E-state index in [2.05, 4.69) is 10.3 Å². The number of primary amides is 1. The average Bonchev–Trinajstić information content (AvgIpc) is 3.39. The predicted octanol–water partition coefficient (Wildman–Crippen LogP) is 6.99. The van der Waals surface area contributed by atoms with E-state index in [0.717, 1.165) is 29.0 Å². The number of amides is 2. The number of pyridine rings is 1. The van der Waals surface area contributed by atoms with Crippen LogP contribution in [0.5, 0.6) is 0 Å². The first kappa shape index (κ1) is 31.3. The van der Waals surface area contributed by atoms with Crippen LogP contribution in [0.2, 0.25) is 0 Å². The molecule has 0 bridgehead atoms. The van der Waals surface area contributed by atoms with Crippen LogP contribution in [-0.4, -0.2) is 21.4 Å². The maximum Gasteiger partial charge on any atom is 0.278 e. The molecular weight excluding hydrogens is 581 g/mol. The van der Waals surface area contributed by atoms with E-state index in [1.54, 1.807) is 6.07 Å². The SMILES string of the molecule is CCC(C(=O)N[C@@H](Cc1cc(F)cc(F)c1)c1ncccc1-c1ccc(F)c(C(N)=O)c1)n1cc(C(F)F)cc1C(F)F. The Hall–Kier alpha value is -4.68. The number of halogens is 7. The topological polar surface area (TPSA) is 90.0 Å². The normalized spacial score (nSPS) is 12.9.